The molecule has 0 radical (unpaired) electrons. The van der Waals surface area contributed by atoms with Crippen LogP contribution in [0.2, 0.25) is 0 Å². The molecule has 7 heteroatoms. The van der Waals surface area contributed by atoms with Gasteiger partial charge in [-0.25, -0.2) is 4.79 Å². The third-order valence-corrected chi connectivity index (χ3v) is 2.81. The van der Waals surface area contributed by atoms with Crippen LogP contribution in [0.4, 0.5) is 0 Å². The Hall–Kier alpha value is -2.18. The van der Waals surface area contributed by atoms with Crippen LogP contribution in [0.3, 0.4) is 0 Å². The van der Waals surface area contributed by atoms with E-state index >= 15 is 0 Å². The number of nitrogens with one attached hydrogen (secondary N) is 1. The van der Waals surface area contributed by atoms with Crippen molar-refractivity contribution in [1.82, 2.24) is 10.2 Å². The first kappa shape index (κ1) is 12.3. The molecule has 2 heterocycles. The minimum Gasteiger partial charge on any atom is -0.447 e. The van der Waals surface area contributed by atoms with Gasteiger partial charge >= 0.3 is 5.97 Å². The molecule has 96 valence electrons. The summed E-state index contributed by atoms with van der Waals surface area (Å²) < 4.78 is 4.85. The Balaban J connectivity index is 1.96. The number of imide groups is 1. The Bertz CT molecular complexity index is 456. The summed E-state index contributed by atoms with van der Waals surface area (Å²) in [5.41, 5.74) is -0.0929. The molecule has 2 fully saturated rings. The van der Waals surface area contributed by atoms with E-state index in [1.807, 2.05) is 5.32 Å². The van der Waals surface area contributed by atoms with E-state index < -0.39 is 23.9 Å². The maximum atomic E-state index is 11.7. The van der Waals surface area contributed by atoms with E-state index in [9.17, 15) is 19.2 Å². The zero-order valence-corrected chi connectivity index (χ0v) is 9.60. The number of ether oxygens (including phenoxy) is 1. The highest BCUT2D eigenvalue weighted by Crippen LogP contribution is 2.17. The third-order valence-electron chi connectivity index (χ3n) is 2.81. The molecule has 2 saturated heterocycles. The standard InChI is InChI=1S/C11H12N2O5/c1-6(13-4-2-3-9(13)15)11(17)18-7-5-8(14)12-10(7)16/h7H,1-5H2,(H,12,14,16). The summed E-state index contributed by atoms with van der Waals surface area (Å²) in [5, 5.41) is 2.02. The van der Waals surface area contributed by atoms with Crippen molar-refractivity contribution in [3.8, 4) is 0 Å². The Morgan fingerprint density at radius 1 is 1.39 bits per heavy atom. The molecule has 0 spiro atoms. The Kier molecular flexibility index (Phi) is 3.14. The van der Waals surface area contributed by atoms with Crippen molar-refractivity contribution in [1.29, 1.82) is 0 Å². The van der Waals surface area contributed by atoms with Crippen LogP contribution in [0, 0.1) is 0 Å². The van der Waals surface area contributed by atoms with Crippen LogP contribution in [-0.2, 0) is 23.9 Å². The van der Waals surface area contributed by atoms with Crippen molar-refractivity contribution in [2.75, 3.05) is 6.54 Å². The van der Waals surface area contributed by atoms with Crippen LogP contribution in [0.25, 0.3) is 0 Å². The number of rotatable bonds is 3. The van der Waals surface area contributed by atoms with Crippen molar-refractivity contribution < 1.29 is 23.9 Å². The Morgan fingerprint density at radius 2 is 2.11 bits per heavy atom. The molecule has 0 aromatic carbocycles. The molecule has 2 aliphatic rings. The zero-order valence-electron chi connectivity index (χ0n) is 9.60. The van der Waals surface area contributed by atoms with Gasteiger partial charge in [-0.05, 0) is 6.42 Å². The molecule has 3 amide bonds. The van der Waals surface area contributed by atoms with Gasteiger partial charge in [0.1, 0.15) is 5.70 Å². The van der Waals surface area contributed by atoms with Gasteiger partial charge in [-0.1, -0.05) is 6.58 Å². The SMILES string of the molecule is C=C(C(=O)OC1CC(=O)NC1=O)N1CCCC1=O. The number of nitrogens with zero attached hydrogens (tertiary/aromatic N) is 1. The lowest BCUT2D eigenvalue weighted by Gasteiger charge is -2.18. The Morgan fingerprint density at radius 3 is 2.61 bits per heavy atom. The van der Waals surface area contributed by atoms with Gasteiger partial charge in [0.25, 0.3) is 5.91 Å². The summed E-state index contributed by atoms with van der Waals surface area (Å²) >= 11 is 0. The molecule has 0 saturated carbocycles. The first-order valence-electron chi connectivity index (χ1n) is 5.53. The van der Waals surface area contributed by atoms with E-state index in [1.54, 1.807) is 0 Å². The maximum Gasteiger partial charge on any atom is 0.355 e. The van der Waals surface area contributed by atoms with Crippen molar-refractivity contribution in [3.05, 3.63) is 12.3 Å². The largest absolute Gasteiger partial charge is 0.447 e. The fraction of sp³-hybridized carbons (Fsp3) is 0.455. The van der Waals surface area contributed by atoms with Gasteiger partial charge in [-0.3, -0.25) is 19.7 Å². The van der Waals surface area contributed by atoms with Crippen molar-refractivity contribution in [3.63, 3.8) is 0 Å². The van der Waals surface area contributed by atoms with Gasteiger partial charge in [0.15, 0.2) is 6.10 Å². The highest BCUT2D eigenvalue weighted by molar-refractivity contribution is 6.06. The van der Waals surface area contributed by atoms with Crippen LogP contribution < -0.4 is 5.32 Å². The number of carbonyl (C=O) groups is 4. The number of carbonyl (C=O) groups excluding carboxylic acids is 4. The number of likely N-dealkylation sites (tertiary alicyclic amines) is 1. The molecule has 18 heavy (non-hydrogen) atoms. The predicted molar refractivity (Wildman–Crippen MR) is 57.7 cm³/mol. The highest BCUT2D eigenvalue weighted by Gasteiger charge is 2.36. The number of hydrogen-bond acceptors (Lipinski definition) is 5. The van der Waals surface area contributed by atoms with Gasteiger partial charge in [0.2, 0.25) is 11.8 Å². The summed E-state index contributed by atoms with van der Waals surface area (Å²) in [5.74, 6) is -2.17. The monoisotopic (exact) mass is 252 g/mol. The lowest BCUT2D eigenvalue weighted by atomic mass is 10.3. The van der Waals surface area contributed by atoms with Crippen LogP contribution in [0.5, 0.6) is 0 Å². The molecule has 1 unspecified atom stereocenters. The van der Waals surface area contributed by atoms with Gasteiger partial charge < -0.3 is 9.64 Å². The van der Waals surface area contributed by atoms with Crippen LogP contribution in [0.15, 0.2) is 12.3 Å². The fourth-order valence-electron chi connectivity index (χ4n) is 1.87. The normalized spacial score (nSPS) is 23.2. The predicted octanol–water partition coefficient (Wildman–Crippen LogP) is -0.919. The molecule has 7 nitrogen and oxygen atoms in total. The smallest absolute Gasteiger partial charge is 0.355 e. The van der Waals surface area contributed by atoms with E-state index in [0.29, 0.717) is 19.4 Å². The average molecular weight is 252 g/mol. The zero-order chi connectivity index (χ0) is 13.3. The number of amides is 3. The van der Waals surface area contributed by atoms with Crippen molar-refractivity contribution in [2.45, 2.75) is 25.4 Å². The first-order valence-corrected chi connectivity index (χ1v) is 5.53. The van der Waals surface area contributed by atoms with E-state index in [2.05, 4.69) is 6.58 Å². The molecule has 1 N–H and O–H groups in total. The topological polar surface area (TPSA) is 92.8 Å². The molecule has 0 aromatic rings. The van der Waals surface area contributed by atoms with Crippen molar-refractivity contribution >= 4 is 23.7 Å². The van der Waals surface area contributed by atoms with E-state index in [1.165, 1.54) is 4.90 Å². The molecular formula is C11H12N2O5. The number of esters is 1. The molecule has 2 aliphatic heterocycles. The average Bonchev–Trinajstić information content (AvgIpc) is 2.85. The summed E-state index contributed by atoms with van der Waals surface area (Å²) in [6.07, 6.45) is -0.284. The third kappa shape index (κ3) is 2.24. The second-order valence-corrected chi connectivity index (χ2v) is 4.11. The summed E-state index contributed by atoms with van der Waals surface area (Å²) in [6.45, 7) is 3.91. The van der Waals surface area contributed by atoms with E-state index in [-0.39, 0.29) is 18.0 Å². The molecule has 0 aromatic heterocycles. The minimum absolute atomic E-state index is 0.0929. The minimum atomic E-state index is -1.13. The Labute approximate surface area is 103 Å². The molecule has 0 bridgehead atoms. The second kappa shape index (κ2) is 4.59. The number of hydrogen-bond donors (Lipinski definition) is 1. The molecular weight excluding hydrogens is 240 g/mol. The fourth-order valence-corrected chi connectivity index (χ4v) is 1.87. The summed E-state index contributed by atoms with van der Waals surface area (Å²) in [7, 11) is 0. The molecule has 1 atom stereocenters. The van der Waals surface area contributed by atoms with E-state index in [4.69, 9.17) is 4.74 Å². The van der Waals surface area contributed by atoms with E-state index in [0.717, 1.165) is 0 Å². The highest BCUT2D eigenvalue weighted by atomic mass is 16.6. The van der Waals surface area contributed by atoms with Crippen LogP contribution in [-0.4, -0.2) is 41.2 Å². The van der Waals surface area contributed by atoms with Gasteiger partial charge in [0, 0.05) is 13.0 Å². The molecule has 0 aliphatic carbocycles. The quantitative estimate of drug-likeness (QED) is 0.398. The van der Waals surface area contributed by atoms with Gasteiger partial charge in [0.05, 0.1) is 6.42 Å². The second-order valence-electron chi connectivity index (χ2n) is 4.11. The van der Waals surface area contributed by atoms with Gasteiger partial charge in [-0.2, -0.15) is 0 Å². The first-order chi connectivity index (χ1) is 8.49. The summed E-state index contributed by atoms with van der Waals surface area (Å²) in [4.78, 5) is 46.4. The van der Waals surface area contributed by atoms with Gasteiger partial charge in [-0.15, -0.1) is 0 Å². The maximum absolute atomic E-state index is 11.7. The van der Waals surface area contributed by atoms with Crippen LogP contribution in [0.1, 0.15) is 19.3 Å². The van der Waals surface area contributed by atoms with Crippen LogP contribution >= 0.6 is 0 Å². The summed E-state index contributed by atoms with van der Waals surface area (Å²) in [6, 6.07) is 0. The molecule has 2 rings (SSSR count). The lowest BCUT2D eigenvalue weighted by molar-refractivity contribution is -0.152. The van der Waals surface area contributed by atoms with Crippen molar-refractivity contribution in [2.24, 2.45) is 0 Å². The lowest BCUT2D eigenvalue weighted by Crippen LogP contribution is -2.33.